The Bertz CT molecular complexity index is 589. The highest BCUT2D eigenvalue weighted by Gasteiger charge is 2.12. The third kappa shape index (κ3) is 4.43. The van der Waals surface area contributed by atoms with Crippen molar-refractivity contribution >= 4 is 21.7 Å². The first kappa shape index (κ1) is 15.8. The first-order chi connectivity index (χ1) is 10.2. The molecule has 2 rings (SSSR count). The van der Waals surface area contributed by atoms with Crippen LogP contribution in [0.3, 0.4) is 0 Å². The Hall–Kier alpha value is -1.62. The molecule has 5 heteroatoms. The van der Waals surface area contributed by atoms with Crippen molar-refractivity contribution in [3.8, 4) is 11.6 Å². The molecule has 0 saturated heterocycles. The third-order valence-electron chi connectivity index (χ3n) is 2.96. The minimum atomic E-state index is 0.628. The highest BCUT2D eigenvalue weighted by atomic mass is 79.9. The van der Waals surface area contributed by atoms with Crippen LogP contribution >= 0.6 is 15.9 Å². The average molecular weight is 350 g/mol. The van der Waals surface area contributed by atoms with Gasteiger partial charge in [0.15, 0.2) is 0 Å². The Kier molecular flexibility index (Phi) is 5.99. The summed E-state index contributed by atoms with van der Waals surface area (Å²) >= 11 is 3.45. The molecule has 0 radical (unpaired) electrons. The van der Waals surface area contributed by atoms with E-state index < -0.39 is 0 Å². The van der Waals surface area contributed by atoms with Crippen molar-refractivity contribution < 1.29 is 4.74 Å². The molecule has 0 saturated carbocycles. The molecule has 0 aliphatic carbocycles. The van der Waals surface area contributed by atoms with Gasteiger partial charge in [-0.1, -0.05) is 42.3 Å². The predicted molar refractivity (Wildman–Crippen MR) is 89.0 cm³/mol. The van der Waals surface area contributed by atoms with Gasteiger partial charge in [0.2, 0.25) is 5.88 Å². The largest absolute Gasteiger partial charge is 0.439 e. The highest BCUT2D eigenvalue weighted by molar-refractivity contribution is 9.10. The molecule has 0 atom stereocenters. The van der Waals surface area contributed by atoms with Gasteiger partial charge in [0.1, 0.15) is 17.9 Å². The molecule has 0 fully saturated rings. The number of halogens is 1. The summed E-state index contributed by atoms with van der Waals surface area (Å²) in [6.07, 6.45) is 4.50. The van der Waals surface area contributed by atoms with Gasteiger partial charge < -0.3 is 10.1 Å². The van der Waals surface area contributed by atoms with Crippen LogP contribution in [-0.2, 0) is 6.42 Å². The highest BCUT2D eigenvalue weighted by Crippen LogP contribution is 2.29. The van der Waals surface area contributed by atoms with E-state index in [1.165, 1.54) is 0 Å². The van der Waals surface area contributed by atoms with Gasteiger partial charge in [0, 0.05) is 11.0 Å². The van der Waals surface area contributed by atoms with Gasteiger partial charge in [-0.15, -0.1) is 0 Å². The van der Waals surface area contributed by atoms with Crippen LogP contribution in [0.5, 0.6) is 11.6 Å². The number of hydrogen-bond donors (Lipinski definition) is 1. The van der Waals surface area contributed by atoms with Gasteiger partial charge >= 0.3 is 0 Å². The van der Waals surface area contributed by atoms with E-state index in [-0.39, 0.29) is 0 Å². The summed E-state index contributed by atoms with van der Waals surface area (Å²) in [6, 6.07) is 7.75. The summed E-state index contributed by atoms with van der Waals surface area (Å²) in [5.74, 6) is 2.27. The van der Waals surface area contributed by atoms with Crippen LogP contribution in [-0.4, -0.2) is 16.5 Å². The average Bonchev–Trinajstić information content (AvgIpc) is 2.48. The van der Waals surface area contributed by atoms with Crippen molar-refractivity contribution in [3.05, 3.63) is 40.6 Å². The van der Waals surface area contributed by atoms with Crippen molar-refractivity contribution in [1.29, 1.82) is 0 Å². The third-order valence-corrected chi connectivity index (χ3v) is 3.45. The standard InChI is InChI=1S/C16H20BrN3O/c1-3-6-14-15(18-9-4-2)19-11-20-16(14)21-13-8-5-7-12(17)10-13/h5,7-8,10-11H,3-4,6,9H2,1-2H3,(H,18,19,20). The molecule has 1 N–H and O–H groups in total. The quantitative estimate of drug-likeness (QED) is 0.779. The molecule has 0 aliphatic rings. The maximum absolute atomic E-state index is 5.94. The van der Waals surface area contributed by atoms with Gasteiger partial charge in [0.05, 0.1) is 5.56 Å². The lowest BCUT2D eigenvalue weighted by Crippen LogP contribution is -2.07. The summed E-state index contributed by atoms with van der Waals surface area (Å²) in [4.78, 5) is 8.65. The molecule has 0 amide bonds. The summed E-state index contributed by atoms with van der Waals surface area (Å²) in [6.45, 7) is 5.16. The van der Waals surface area contributed by atoms with Crippen molar-refractivity contribution in [1.82, 2.24) is 9.97 Å². The number of nitrogens with one attached hydrogen (secondary N) is 1. The Balaban J connectivity index is 2.28. The van der Waals surface area contributed by atoms with Gasteiger partial charge in [-0.3, -0.25) is 0 Å². The lowest BCUT2D eigenvalue weighted by Gasteiger charge is -2.14. The Morgan fingerprint density at radius 2 is 2.05 bits per heavy atom. The molecule has 2 aromatic rings. The zero-order valence-corrected chi connectivity index (χ0v) is 14.0. The van der Waals surface area contributed by atoms with Crippen LogP contribution in [0.25, 0.3) is 0 Å². The molecule has 112 valence electrons. The number of nitrogens with zero attached hydrogens (tertiary/aromatic N) is 2. The van der Waals surface area contributed by atoms with Crippen molar-refractivity contribution in [2.45, 2.75) is 33.1 Å². The zero-order chi connectivity index (χ0) is 15.1. The topological polar surface area (TPSA) is 47.0 Å². The maximum atomic E-state index is 5.94. The molecular formula is C16H20BrN3O. The molecule has 4 nitrogen and oxygen atoms in total. The molecule has 1 aromatic heterocycles. The van der Waals surface area contributed by atoms with E-state index in [1.54, 1.807) is 6.33 Å². The fourth-order valence-electron chi connectivity index (χ4n) is 2.00. The van der Waals surface area contributed by atoms with E-state index in [1.807, 2.05) is 24.3 Å². The fourth-order valence-corrected chi connectivity index (χ4v) is 2.38. The number of ether oxygens (including phenoxy) is 1. The molecule has 1 aromatic carbocycles. The fraction of sp³-hybridized carbons (Fsp3) is 0.375. The SMILES string of the molecule is CCCNc1ncnc(Oc2cccc(Br)c2)c1CCC. The first-order valence-electron chi connectivity index (χ1n) is 7.25. The monoisotopic (exact) mass is 349 g/mol. The molecule has 0 spiro atoms. The van der Waals surface area contributed by atoms with Crippen molar-refractivity contribution in [2.24, 2.45) is 0 Å². The van der Waals surface area contributed by atoms with Crippen LogP contribution in [0.15, 0.2) is 35.1 Å². The number of benzene rings is 1. The second kappa shape index (κ2) is 7.98. The van der Waals surface area contributed by atoms with Crippen LogP contribution in [0.1, 0.15) is 32.3 Å². The van der Waals surface area contributed by atoms with Crippen molar-refractivity contribution in [3.63, 3.8) is 0 Å². The van der Waals surface area contributed by atoms with Gasteiger partial charge in [-0.25, -0.2) is 9.97 Å². The van der Waals surface area contributed by atoms with Crippen LogP contribution in [0, 0.1) is 0 Å². The van der Waals surface area contributed by atoms with E-state index >= 15 is 0 Å². The van der Waals surface area contributed by atoms with Gasteiger partial charge in [0.25, 0.3) is 0 Å². The zero-order valence-electron chi connectivity index (χ0n) is 12.4. The van der Waals surface area contributed by atoms with Crippen LogP contribution < -0.4 is 10.1 Å². The second-order valence-corrected chi connectivity index (χ2v) is 5.66. The van der Waals surface area contributed by atoms with E-state index in [4.69, 9.17) is 4.74 Å². The number of hydrogen-bond acceptors (Lipinski definition) is 4. The van der Waals surface area contributed by atoms with E-state index in [0.717, 1.165) is 47.4 Å². The second-order valence-electron chi connectivity index (χ2n) is 4.74. The molecule has 0 unspecified atom stereocenters. The lowest BCUT2D eigenvalue weighted by molar-refractivity contribution is 0.454. The Labute approximate surface area is 134 Å². The molecule has 21 heavy (non-hydrogen) atoms. The summed E-state index contributed by atoms with van der Waals surface area (Å²) in [5, 5.41) is 3.34. The maximum Gasteiger partial charge on any atom is 0.227 e. The molecule has 0 bridgehead atoms. The minimum Gasteiger partial charge on any atom is -0.439 e. The van der Waals surface area contributed by atoms with E-state index in [0.29, 0.717) is 5.88 Å². The van der Waals surface area contributed by atoms with Gasteiger partial charge in [-0.2, -0.15) is 0 Å². The number of aromatic nitrogens is 2. The van der Waals surface area contributed by atoms with Gasteiger partial charge in [-0.05, 0) is 31.0 Å². The van der Waals surface area contributed by atoms with Crippen molar-refractivity contribution in [2.75, 3.05) is 11.9 Å². The number of anilines is 1. The normalized spacial score (nSPS) is 10.4. The summed E-state index contributed by atoms with van der Waals surface area (Å²) in [5.41, 5.74) is 1.04. The van der Waals surface area contributed by atoms with E-state index in [9.17, 15) is 0 Å². The van der Waals surface area contributed by atoms with E-state index in [2.05, 4.69) is 45.1 Å². The molecule has 0 aliphatic heterocycles. The summed E-state index contributed by atoms with van der Waals surface area (Å²) in [7, 11) is 0. The number of rotatable bonds is 7. The smallest absolute Gasteiger partial charge is 0.227 e. The first-order valence-corrected chi connectivity index (χ1v) is 8.05. The molecular weight excluding hydrogens is 330 g/mol. The Morgan fingerprint density at radius 1 is 1.19 bits per heavy atom. The van der Waals surface area contributed by atoms with Crippen LogP contribution in [0.4, 0.5) is 5.82 Å². The minimum absolute atomic E-state index is 0.628. The Morgan fingerprint density at radius 3 is 2.76 bits per heavy atom. The lowest BCUT2D eigenvalue weighted by atomic mass is 10.1. The summed E-state index contributed by atoms with van der Waals surface area (Å²) < 4.78 is 6.92. The van der Waals surface area contributed by atoms with Crippen LogP contribution in [0.2, 0.25) is 0 Å². The predicted octanol–water partition coefficient (Wildman–Crippen LogP) is 4.81. The molecule has 1 heterocycles.